The van der Waals surface area contributed by atoms with E-state index in [0.717, 1.165) is 30.6 Å². The Morgan fingerprint density at radius 1 is 0.811 bits per heavy atom. The molecule has 0 aliphatic rings. The molecule has 0 saturated carbocycles. The van der Waals surface area contributed by atoms with Crippen LogP contribution in [0.15, 0.2) is 83.8 Å². The number of hydrogen-bond donors (Lipinski definition) is 1. The summed E-state index contributed by atoms with van der Waals surface area (Å²) in [6, 6.07) is 25.9. The minimum Gasteiger partial charge on any atom is -0.481 e. The van der Waals surface area contributed by atoms with Gasteiger partial charge in [0.1, 0.15) is 0 Å². The Labute approximate surface area is 234 Å². The second-order valence-corrected chi connectivity index (χ2v) is 10.9. The number of rotatable bonds is 15. The average molecular weight is 559 g/mol. The molecule has 4 nitrogen and oxygen atoms in total. The SMILES string of the molecule is O=C(O)CCC(CSc1ccc(Cl)c(Cl)c1)C(=O)N(CCCc1ccccc1)CCCc1ccccc1. The number of carboxylic acids is 1. The van der Waals surface area contributed by atoms with Gasteiger partial charge in [-0.1, -0.05) is 83.9 Å². The number of amides is 1. The van der Waals surface area contributed by atoms with Gasteiger partial charge in [-0.05, 0) is 61.4 Å². The quantitative estimate of drug-likeness (QED) is 0.195. The number of benzene rings is 3. The third kappa shape index (κ3) is 10.4. The van der Waals surface area contributed by atoms with Crippen LogP contribution in [-0.4, -0.2) is 40.7 Å². The molecule has 0 spiro atoms. The van der Waals surface area contributed by atoms with Crippen LogP contribution in [0.2, 0.25) is 10.0 Å². The summed E-state index contributed by atoms with van der Waals surface area (Å²) in [4.78, 5) is 27.9. The first-order valence-electron chi connectivity index (χ1n) is 12.6. The number of carboxylic acid groups (broad SMARTS) is 1. The first kappa shape index (κ1) is 29.1. The molecule has 1 N–H and O–H groups in total. The molecule has 0 bridgehead atoms. The molecular weight excluding hydrogens is 525 g/mol. The number of aliphatic carboxylic acids is 1. The molecule has 3 aromatic carbocycles. The van der Waals surface area contributed by atoms with Gasteiger partial charge in [-0.25, -0.2) is 0 Å². The summed E-state index contributed by atoms with van der Waals surface area (Å²) < 4.78 is 0. The molecule has 1 unspecified atom stereocenters. The van der Waals surface area contributed by atoms with Gasteiger partial charge in [0.15, 0.2) is 0 Å². The molecule has 7 heteroatoms. The highest BCUT2D eigenvalue weighted by Crippen LogP contribution is 2.30. The number of carbonyl (C=O) groups excluding carboxylic acids is 1. The Morgan fingerprint density at radius 2 is 1.38 bits per heavy atom. The monoisotopic (exact) mass is 557 g/mol. The number of nitrogens with zero attached hydrogens (tertiary/aromatic N) is 1. The Balaban J connectivity index is 1.68. The zero-order valence-electron chi connectivity index (χ0n) is 20.8. The van der Waals surface area contributed by atoms with Gasteiger partial charge >= 0.3 is 5.97 Å². The van der Waals surface area contributed by atoms with E-state index < -0.39 is 11.9 Å². The van der Waals surface area contributed by atoms with Crippen molar-refractivity contribution < 1.29 is 14.7 Å². The summed E-state index contributed by atoms with van der Waals surface area (Å²) in [5, 5.41) is 10.2. The molecule has 37 heavy (non-hydrogen) atoms. The summed E-state index contributed by atoms with van der Waals surface area (Å²) in [5.74, 6) is -0.784. The highest BCUT2D eigenvalue weighted by molar-refractivity contribution is 7.99. The zero-order valence-corrected chi connectivity index (χ0v) is 23.2. The highest BCUT2D eigenvalue weighted by atomic mass is 35.5. The number of hydrogen-bond acceptors (Lipinski definition) is 3. The zero-order chi connectivity index (χ0) is 26.5. The van der Waals surface area contributed by atoms with E-state index >= 15 is 0 Å². The maximum absolute atomic E-state index is 13.8. The second-order valence-electron chi connectivity index (χ2n) is 9.02. The number of aryl methyl sites for hydroxylation is 2. The molecule has 1 amide bonds. The lowest BCUT2D eigenvalue weighted by Crippen LogP contribution is -2.39. The van der Waals surface area contributed by atoms with Crippen LogP contribution >= 0.6 is 35.0 Å². The van der Waals surface area contributed by atoms with Gasteiger partial charge in [-0.3, -0.25) is 9.59 Å². The van der Waals surface area contributed by atoms with E-state index in [1.54, 1.807) is 12.1 Å². The summed E-state index contributed by atoms with van der Waals surface area (Å²) in [6.45, 7) is 1.28. The highest BCUT2D eigenvalue weighted by Gasteiger charge is 2.25. The Morgan fingerprint density at radius 3 is 1.89 bits per heavy atom. The van der Waals surface area contributed by atoms with Crippen LogP contribution in [0.5, 0.6) is 0 Å². The maximum Gasteiger partial charge on any atom is 0.303 e. The smallest absolute Gasteiger partial charge is 0.303 e. The fraction of sp³-hybridized carbons (Fsp3) is 0.333. The van der Waals surface area contributed by atoms with Crippen molar-refractivity contribution in [1.82, 2.24) is 4.90 Å². The minimum atomic E-state index is -0.892. The average Bonchev–Trinajstić information content (AvgIpc) is 2.90. The van der Waals surface area contributed by atoms with Crippen molar-refractivity contribution in [3.63, 3.8) is 0 Å². The lowest BCUT2D eigenvalue weighted by Gasteiger charge is -2.27. The molecule has 0 aliphatic carbocycles. The molecule has 0 radical (unpaired) electrons. The van der Waals surface area contributed by atoms with Gasteiger partial charge in [0.25, 0.3) is 0 Å². The molecule has 0 aliphatic heterocycles. The molecule has 0 aromatic heterocycles. The molecule has 0 heterocycles. The third-order valence-electron chi connectivity index (χ3n) is 6.18. The van der Waals surface area contributed by atoms with Crippen LogP contribution in [0.4, 0.5) is 0 Å². The molecule has 0 fully saturated rings. The van der Waals surface area contributed by atoms with Crippen molar-refractivity contribution in [2.24, 2.45) is 5.92 Å². The summed E-state index contributed by atoms with van der Waals surface area (Å²) in [7, 11) is 0. The fourth-order valence-corrected chi connectivity index (χ4v) is 5.60. The predicted octanol–water partition coefficient (Wildman–Crippen LogP) is 7.66. The van der Waals surface area contributed by atoms with E-state index in [4.69, 9.17) is 23.2 Å². The molecule has 3 rings (SSSR count). The summed E-state index contributed by atoms with van der Waals surface area (Å²) >= 11 is 13.7. The largest absolute Gasteiger partial charge is 0.481 e. The summed E-state index contributed by atoms with van der Waals surface area (Å²) in [6.07, 6.45) is 3.75. The van der Waals surface area contributed by atoms with E-state index in [1.807, 2.05) is 47.4 Å². The first-order valence-corrected chi connectivity index (χ1v) is 14.3. The van der Waals surface area contributed by atoms with E-state index in [9.17, 15) is 14.7 Å². The van der Waals surface area contributed by atoms with Gasteiger partial charge < -0.3 is 10.0 Å². The Hall–Kier alpha value is -2.47. The van der Waals surface area contributed by atoms with E-state index in [2.05, 4.69) is 24.3 Å². The van der Waals surface area contributed by atoms with E-state index in [0.29, 0.717) is 35.3 Å². The number of thioether (sulfide) groups is 1. The van der Waals surface area contributed by atoms with Gasteiger partial charge in [-0.15, -0.1) is 11.8 Å². The maximum atomic E-state index is 13.8. The summed E-state index contributed by atoms with van der Waals surface area (Å²) in [5.41, 5.74) is 2.49. The van der Waals surface area contributed by atoms with Gasteiger partial charge in [0, 0.05) is 36.1 Å². The lowest BCUT2D eigenvalue weighted by atomic mass is 10.0. The molecule has 196 valence electrons. The van der Waals surface area contributed by atoms with Crippen molar-refractivity contribution in [3.05, 3.63) is 100 Å². The lowest BCUT2D eigenvalue weighted by molar-refractivity contribution is -0.138. The van der Waals surface area contributed by atoms with Crippen LogP contribution in [0.25, 0.3) is 0 Å². The van der Waals surface area contributed by atoms with Gasteiger partial charge in [-0.2, -0.15) is 0 Å². The van der Waals surface area contributed by atoms with Crippen molar-refractivity contribution >= 4 is 46.8 Å². The van der Waals surface area contributed by atoms with Crippen LogP contribution in [0.1, 0.15) is 36.8 Å². The van der Waals surface area contributed by atoms with Gasteiger partial charge in [0.2, 0.25) is 5.91 Å². The molecule has 3 aromatic rings. The van der Waals surface area contributed by atoms with E-state index in [-0.39, 0.29) is 12.3 Å². The first-order chi connectivity index (χ1) is 17.9. The number of halogens is 2. The van der Waals surface area contributed by atoms with Crippen LogP contribution in [0, 0.1) is 5.92 Å². The Bertz CT molecular complexity index is 1080. The molecule has 0 saturated heterocycles. The van der Waals surface area contributed by atoms with E-state index in [1.165, 1.54) is 22.9 Å². The van der Waals surface area contributed by atoms with Crippen LogP contribution in [0.3, 0.4) is 0 Å². The fourth-order valence-electron chi connectivity index (χ4n) is 4.17. The third-order valence-corrected chi connectivity index (χ3v) is 8.08. The van der Waals surface area contributed by atoms with Crippen molar-refractivity contribution in [3.8, 4) is 0 Å². The number of carbonyl (C=O) groups is 2. The second kappa shape index (κ2) is 15.7. The predicted molar refractivity (Wildman–Crippen MR) is 154 cm³/mol. The standard InChI is InChI=1S/C30H33Cl2NO3S/c31-27-17-16-26(21-28(27)32)37-22-25(15-18-29(34)35)30(36)33(19-7-13-23-9-3-1-4-10-23)20-8-14-24-11-5-2-6-12-24/h1-6,9-12,16-17,21,25H,7-8,13-15,18-20,22H2,(H,34,35). The molecular formula is C30H33Cl2NO3S. The van der Waals surface area contributed by atoms with Crippen molar-refractivity contribution in [1.29, 1.82) is 0 Å². The molecule has 1 atom stereocenters. The van der Waals surface area contributed by atoms with Crippen LogP contribution < -0.4 is 0 Å². The normalized spacial score (nSPS) is 11.7. The van der Waals surface area contributed by atoms with Crippen LogP contribution in [-0.2, 0) is 22.4 Å². The Kier molecular flexibility index (Phi) is 12.3. The van der Waals surface area contributed by atoms with Crippen molar-refractivity contribution in [2.45, 2.75) is 43.4 Å². The van der Waals surface area contributed by atoms with Crippen molar-refractivity contribution in [2.75, 3.05) is 18.8 Å². The topological polar surface area (TPSA) is 57.6 Å². The minimum absolute atomic E-state index is 0.0231. The van der Waals surface area contributed by atoms with Gasteiger partial charge in [0.05, 0.1) is 10.0 Å².